The molecule has 0 aliphatic heterocycles. The summed E-state index contributed by atoms with van der Waals surface area (Å²) >= 11 is 0. The number of nitro benzene ring substituents is 1. The molecule has 0 bridgehead atoms. The van der Waals surface area contributed by atoms with Crippen LogP contribution in [0.1, 0.15) is 12.5 Å². The molecule has 2 aromatic rings. The van der Waals surface area contributed by atoms with Gasteiger partial charge < -0.3 is 0 Å². The predicted molar refractivity (Wildman–Crippen MR) is 60.0 cm³/mol. The van der Waals surface area contributed by atoms with Crippen LogP contribution in [0, 0.1) is 10.1 Å². The average molecular weight is 201 g/mol. The minimum Gasteiger partial charge on any atom is -0.258 e. The summed E-state index contributed by atoms with van der Waals surface area (Å²) < 4.78 is 0. The van der Waals surface area contributed by atoms with E-state index < -0.39 is 0 Å². The van der Waals surface area contributed by atoms with Crippen LogP contribution in [-0.4, -0.2) is 4.92 Å². The van der Waals surface area contributed by atoms with Crippen LogP contribution >= 0.6 is 0 Å². The molecule has 15 heavy (non-hydrogen) atoms. The van der Waals surface area contributed by atoms with E-state index in [1.54, 1.807) is 6.07 Å². The normalized spacial score (nSPS) is 10.5. The van der Waals surface area contributed by atoms with E-state index in [9.17, 15) is 10.1 Å². The smallest absolute Gasteiger partial charge is 0.258 e. The Kier molecular flexibility index (Phi) is 2.37. The van der Waals surface area contributed by atoms with Crippen molar-refractivity contribution in [1.82, 2.24) is 0 Å². The van der Waals surface area contributed by atoms with E-state index in [0.29, 0.717) is 6.42 Å². The van der Waals surface area contributed by atoms with Gasteiger partial charge in [-0.05, 0) is 23.3 Å². The molecule has 0 radical (unpaired) electrons. The molecule has 0 aromatic heterocycles. The second-order valence-corrected chi connectivity index (χ2v) is 3.44. The van der Waals surface area contributed by atoms with Gasteiger partial charge in [-0.2, -0.15) is 0 Å². The molecule has 3 heteroatoms. The molecule has 0 fully saturated rings. The van der Waals surface area contributed by atoms with Gasteiger partial charge in [0, 0.05) is 11.6 Å². The van der Waals surface area contributed by atoms with Crippen LogP contribution < -0.4 is 0 Å². The van der Waals surface area contributed by atoms with E-state index in [1.807, 2.05) is 37.3 Å². The van der Waals surface area contributed by atoms with Crippen molar-refractivity contribution in [3.05, 3.63) is 52.1 Å². The fraction of sp³-hybridized carbons (Fsp3) is 0.167. The highest BCUT2D eigenvalue weighted by Gasteiger charge is 2.12. The Morgan fingerprint density at radius 1 is 1.20 bits per heavy atom. The molecule has 0 unspecified atom stereocenters. The van der Waals surface area contributed by atoms with Crippen molar-refractivity contribution >= 4 is 16.5 Å². The summed E-state index contributed by atoms with van der Waals surface area (Å²) in [5.74, 6) is 0. The van der Waals surface area contributed by atoms with E-state index in [1.165, 1.54) is 0 Å². The fourth-order valence-corrected chi connectivity index (χ4v) is 1.73. The zero-order valence-corrected chi connectivity index (χ0v) is 8.43. The van der Waals surface area contributed by atoms with Crippen molar-refractivity contribution in [3.63, 3.8) is 0 Å². The monoisotopic (exact) mass is 201 g/mol. The number of hydrogen-bond donors (Lipinski definition) is 0. The lowest BCUT2D eigenvalue weighted by molar-refractivity contribution is -0.385. The SMILES string of the molecule is CCc1cc2ccccc2cc1[N+](=O)[O-]. The molecule has 0 atom stereocenters. The maximum Gasteiger partial charge on any atom is 0.273 e. The molecule has 0 saturated heterocycles. The average Bonchev–Trinajstić information content (AvgIpc) is 2.27. The number of benzene rings is 2. The van der Waals surface area contributed by atoms with E-state index in [4.69, 9.17) is 0 Å². The van der Waals surface area contributed by atoms with Gasteiger partial charge in [0.05, 0.1) is 4.92 Å². The quantitative estimate of drug-likeness (QED) is 0.552. The molecule has 0 aliphatic carbocycles. The Hall–Kier alpha value is -1.90. The maximum atomic E-state index is 10.8. The zero-order chi connectivity index (χ0) is 10.8. The lowest BCUT2D eigenvalue weighted by Crippen LogP contribution is -1.94. The van der Waals surface area contributed by atoms with Gasteiger partial charge in [0.25, 0.3) is 5.69 Å². The van der Waals surface area contributed by atoms with Gasteiger partial charge in [0.15, 0.2) is 0 Å². The van der Waals surface area contributed by atoms with Crippen LogP contribution in [0.15, 0.2) is 36.4 Å². The first kappa shape index (κ1) is 9.65. The van der Waals surface area contributed by atoms with Gasteiger partial charge >= 0.3 is 0 Å². The highest BCUT2D eigenvalue weighted by Crippen LogP contribution is 2.25. The number of nitrogens with zero attached hydrogens (tertiary/aromatic N) is 1. The summed E-state index contributed by atoms with van der Waals surface area (Å²) in [7, 11) is 0. The molecular formula is C12H11NO2. The molecule has 3 nitrogen and oxygen atoms in total. The van der Waals surface area contributed by atoms with Gasteiger partial charge in [-0.1, -0.05) is 31.2 Å². The summed E-state index contributed by atoms with van der Waals surface area (Å²) in [5.41, 5.74) is 1.01. The maximum absolute atomic E-state index is 10.8. The molecule has 2 aromatic carbocycles. The van der Waals surface area contributed by atoms with Crippen molar-refractivity contribution in [2.24, 2.45) is 0 Å². The summed E-state index contributed by atoms with van der Waals surface area (Å²) in [6.07, 6.45) is 0.682. The second kappa shape index (κ2) is 3.69. The van der Waals surface area contributed by atoms with Crippen molar-refractivity contribution in [1.29, 1.82) is 0 Å². The molecule has 0 amide bonds. The Morgan fingerprint density at radius 2 is 1.80 bits per heavy atom. The molecule has 2 rings (SSSR count). The second-order valence-electron chi connectivity index (χ2n) is 3.44. The summed E-state index contributed by atoms with van der Waals surface area (Å²) in [6, 6.07) is 11.2. The predicted octanol–water partition coefficient (Wildman–Crippen LogP) is 3.31. The minimum atomic E-state index is -0.314. The van der Waals surface area contributed by atoms with Crippen LogP contribution in [-0.2, 0) is 6.42 Å². The highest BCUT2D eigenvalue weighted by atomic mass is 16.6. The molecular weight excluding hydrogens is 190 g/mol. The van der Waals surface area contributed by atoms with Crippen LogP contribution in [0.25, 0.3) is 10.8 Å². The first-order chi connectivity index (χ1) is 7.22. The van der Waals surface area contributed by atoms with E-state index in [-0.39, 0.29) is 10.6 Å². The topological polar surface area (TPSA) is 43.1 Å². The largest absolute Gasteiger partial charge is 0.273 e. The number of rotatable bonds is 2. The van der Waals surface area contributed by atoms with Gasteiger partial charge in [-0.25, -0.2) is 0 Å². The lowest BCUT2D eigenvalue weighted by Gasteiger charge is -2.02. The van der Waals surface area contributed by atoms with E-state index in [2.05, 4.69) is 0 Å². The number of nitro groups is 1. The van der Waals surface area contributed by atoms with Crippen molar-refractivity contribution in [2.45, 2.75) is 13.3 Å². The molecule has 0 N–H and O–H groups in total. The van der Waals surface area contributed by atoms with Crippen LogP contribution in [0.3, 0.4) is 0 Å². The first-order valence-corrected chi connectivity index (χ1v) is 4.88. The van der Waals surface area contributed by atoms with Crippen molar-refractivity contribution < 1.29 is 4.92 Å². The number of hydrogen-bond acceptors (Lipinski definition) is 2. The Balaban J connectivity index is 2.74. The number of aryl methyl sites for hydroxylation is 1. The van der Waals surface area contributed by atoms with Crippen LogP contribution in [0.4, 0.5) is 5.69 Å². The van der Waals surface area contributed by atoms with Crippen LogP contribution in [0.2, 0.25) is 0 Å². The van der Waals surface area contributed by atoms with E-state index >= 15 is 0 Å². The van der Waals surface area contributed by atoms with Gasteiger partial charge in [0.1, 0.15) is 0 Å². The molecule has 76 valence electrons. The molecule has 0 aliphatic rings. The van der Waals surface area contributed by atoms with Crippen molar-refractivity contribution in [3.8, 4) is 0 Å². The summed E-state index contributed by atoms with van der Waals surface area (Å²) in [4.78, 5) is 10.5. The highest BCUT2D eigenvalue weighted by molar-refractivity contribution is 5.85. The molecule has 0 saturated carbocycles. The number of fused-ring (bicyclic) bond motifs is 1. The summed E-state index contributed by atoms with van der Waals surface area (Å²) in [6.45, 7) is 1.93. The Labute approximate surface area is 87.5 Å². The fourth-order valence-electron chi connectivity index (χ4n) is 1.73. The zero-order valence-electron chi connectivity index (χ0n) is 8.43. The minimum absolute atomic E-state index is 0.219. The first-order valence-electron chi connectivity index (χ1n) is 4.88. The third kappa shape index (κ3) is 1.68. The molecule has 0 spiro atoms. The standard InChI is InChI=1S/C12H11NO2/c1-2-9-7-10-5-3-4-6-11(10)8-12(9)13(14)15/h3-8H,2H2,1H3. The third-order valence-electron chi connectivity index (χ3n) is 2.52. The summed E-state index contributed by atoms with van der Waals surface area (Å²) in [5, 5.41) is 12.8. The Morgan fingerprint density at radius 3 is 2.33 bits per heavy atom. The van der Waals surface area contributed by atoms with Gasteiger partial charge in [-0.3, -0.25) is 10.1 Å². The third-order valence-corrected chi connectivity index (χ3v) is 2.52. The van der Waals surface area contributed by atoms with E-state index in [0.717, 1.165) is 16.3 Å². The van der Waals surface area contributed by atoms with Gasteiger partial charge in [0.2, 0.25) is 0 Å². The van der Waals surface area contributed by atoms with Crippen molar-refractivity contribution in [2.75, 3.05) is 0 Å². The molecule has 0 heterocycles. The lowest BCUT2D eigenvalue weighted by atomic mass is 10.0. The van der Waals surface area contributed by atoms with Gasteiger partial charge in [-0.15, -0.1) is 0 Å². The Bertz CT molecular complexity index is 520. The van der Waals surface area contributed by atoms with Crippen LogP contribution in [0.5, 0.6) is 0 Å².